The van der Waals surface area contributed by atoms with Crippen LogP contribution in [0.1, 0.15) is 38.5 Å². The molecule has 0 N–H and O–H groups in total. The average Bonchev–Trinajstić information content (AvgIpc) is 2.00. The fourth-order valence-electron chi connectivity index (χ4n) is 1.39. The summed E-state index contributed by atoms with van der Waals surface area (Å²) in [7, 11) is 6.57. The van der Waals surface area contributed by atoms with Gasteiger partial charge >= 0.3 is 0 Å². The van der Waals surface area contributed by atoms with Gasteiger partial charge in [0.1, 0.15) is 0 Å². The average molecular weight is 201 g/mol. The highest BCUT2D eigenvalue weighted by Crippen LogP contribution is 2.06. The maximum atomic E-state index is 10.1. The maximum absolute atomic E-state index is 10.1. The van der Waals surface area contributed by atoms with Crippen molar-refractivity contribution in [3.63, 3.8) is 0 Å². The van der Waals surface area contributed by atoms with E-state index in [0.717, 1.165) is 23.7 Å². The molecule has 0 bridgehead atoms. The zero-order valence-electron chi connectivity index (χ0n) is 9.71. The molecule has 0 aliphatic carbocycles. The van der Waals surface area contributed by atoms with Crippen molar-refractivity contribution in [1.29, 1.82) is 0 Å². The molecule has 0 spiro atoms. The predicted octanol–water partition coefficient (Wildman–Crippen LogP) is 0.783. The fraction of sp³-hybridized carbons (Fsp3) is 0.909. The van der Waals surface area contributed by atoms with Gasteiger partial charge in [-0.25, -0.2) is 0 Å². The Bertz CT molecular complexity index is 161. The summed E-state index contributed by atoms with van der Waals surface area (Å²) in [6.45, 7) is 1.19. The van der Waals surface area contributed by atoms with Gasteiger partial charge in [0, 0.05) is 5.97 Å². The Hall–Kier alpha value is -0.570. The molecule has 84 valence electrons. The standard InChI is InChI=1S/C11H23NO2/c1-12(2,3)10-8-6-4-5-7-9-11(13)14/h4-10H2,1-3H3. The Morgan fingerprint density at radius 2 is 1.50 bits per heavy atom. The summed E-state index contributed by atoms with van der Waals surface area (Å²) < 4.78 is 1.01. The van der Waals surface area contributed by atoms with Gasteiger partial charge in [0.05, 0.1) is 27.7 Å². The van der Waals surface area contributed by atoms with Crippen LogP contribution < -0.4 is 5.11 Å². The van der Waals surface area contributed by atoms with E-state index >= 15 is 0 Å². The first kappa shape index (κ1) is 13.4. The zero-order chi connectivity index (χ0) is 11.0. The Balaban J connectivity index is 3.11. The number of unbranched alkanes of at least 4 members (excludes halogenated alkanes) is 4. The first-order valence-electron chi connectivity index (χ1n) is 5.42. The number of hydrogen-bond donors (Lipinski definition) is 0. The molecule has 0 aromatic rings. The van der Waals surface area contributed by atoms with Gasteiger partial charge in [-0.05, 0) is 25.7 Å². The minimum atomic E-state index is -0.920. The topological polar surface area (TPSA) is 40.1 Å². The lowest BCUT2D eigenvalue weighted by molar-refractivity contribution is -0.870. The van der Waals surface area contributed by atoms with E-state index in [2.05, 4.69) is 21.1 Å². The lowest BCUT2D eigenvalue weighted by atomic mass is 10.1. The third kappa shape index (κ3) is 11.4. The molecule has 0 saturated heterocycles. The van der Waals surface area contributed by atoms with Gasteiger partial charge in [-0.3, -0.25) is 0 Å². The van der Waals surface area contributed by atoms with E-state index in [1.54, 1.807) is 0 Å². The van der Waals surface area contributed by atoms with Crippen LogP contribution in [0.3, 0.4) is 0 Å². The van der Waals surface area contributed by atoms with E-state index in [1.807, 2.05) is 0 Å². The highest BCUT2D eigenvalue weighted by Gasteiger charge is 2.04. The number of carboxylic acids is 1. The van der Waals surface area contributed by atoms with Gasteiger partial charge in [0.2, 0.25) is 0 Å². The number of hydrogen-bond acceptors (Lipinski definition) is 2. The number of nitrogens with zero attached hydrogens (tertiary/aromatic N) is 1. The molecule has 0 heterocycles. The third-order valence-electron chi connectivity index (χ3n) is 2.21. The summed E-state index contributed by atoms with van der Waals surface area (Å²) in [5.41, 5.74) is 0. The number of carbonyl (C=O) groups is 1. The molecule has 14 heavy (non-hydrogen) atoms. The molecule has 3 heteroatoms. The molecule has 0 fully saturated rings. The monoisotopic (exact) mass is 201 g/mol. The van der Waals surface area contributed by atoms with Gasteiger partial charge in [0.15, 0.2) is 0 Å². The molecule has 0 unspecified atom stereocenters. The number of carboxylic acid groups (broad SMARTS) is 1. The van der Waals surface area contributed by atoms with Crippen molar-refractivity contribution in [2.24, 2.45) is 0 Å². The quantitative estimate of drug-likeness (QED) is 0.430. The number of aliphatic carboxylic acids is 1. The van der Waals surface area contributed by atoms with Crippen LogP contribution in [0.4, 0.5) is 0 Å². The van der Waals surface area contributed by atoms with Gasteiger partial charge in [-0.1, -0.05) is 12.8 Å². The summed E-state index contributed by atoms with van der Waals surface area (Å²) >= 11 is 0. The van der Waals surface area contributed by atoms with Crippen LogP contribution in [-0.2, 0) is 4.79 Å². The van der Waals surface area contributed by atoms with E-state index in [0.29, 0.717) is 0 Å². The van der Waals surface area contributed by atoms with Crippen molar-refractivity contribution >= 4 is 5.97 Å². The van der Waals surface area contributed by atoms with Crippen LogP contribution in [-0.4, -0.2) is 38.1 Å². The first-order chi connectivity index (χ1) is 6.42. The smallest absolute Gasteiger partial charge is 0.0780 e. The van der Waals surface area contributed by atoms with Gasteiger partial charge in [0.25, 0.3) is 0 Å². The Morgan fingerprint density at radius 3 is 2.00 bits per heavy atom. The number of carbonyl (C=O) groups excluding carboxylic acids is 1. The number of quaternary nitrogens is 1. The fourth-order valence-corrected chi connectivity index (χ4v) is 1.39. The van der Waals surface area contributed by atoms with E-state index in [9.17, 15) is 9.90 Å². The largest absolute Gasteiger partial charge is 0.550 e. The Labute approximate surface area is 87.3 Å². The summed E-state index contributed by atoms with van der Waals surface area (Å²) in [4.78, 5) is 10.1. The summed E-state index contributed by atoms with van der Waals surface area (Å²) in [6.07, 6.45) is 5.60. The van der Waals surface area contributed by atoms with E-state index < -0.39 is 5.97 Å². The molecule has 3 nitrogen and oxygen atoms in total. The highest BCUT2D eigenvalue weighted by molar-refractivity contribution is 5.63. The van der Waals surface area contributed by atoms with Crippen molar-refractivity contribution in [3.8, 4) is 0 Å². The van der Waals surface area contributed by atoms with E-state index in [1.165, 1.54) is 19.4 Å². The molecule has 0 aliphatic heterocycles. The Kier molecular flexibility index (Phi) is 6.54. The lowest BCUT2D eigenvalue weighted by Crippen LogP contribution is -2.35. The summed E-state index contributed by atoms with van der Waals surface area (Å²) in [5, 5.41) is 10.1. The van der Waals surface area contributed by atoms with E-state index in [4.69, 9.17) is 0 Å². The SMILES string of the molecule is C[N+](C)(C)CCCCCCCC(=O)[O-]. The second-order valence-electron chi connectivity index (χ2n) is 4.90. The van der Waals surface area contributed by atoms with Crippen LogP contribution >= 0.6 is 0 Å². The normalized spacial score (nSPS) is 11.6. The molecule has 0 aromatic heterocycles. The summed E-state index contributed by atoms with van der Waals surface area (Å²) in [5.74, 6) is -0.920. The highest BCUT2D eigenvalue weighted by atomic mass is 16.4. The molecule has 0 aromatic carbocycles. The van der Waals surface area contributed by atoms with Crippen LogP contribution in [0, 0.1) is 0 Å². The summed E-state index contributed by atoms with van der Waals surface area (Å²) in [6, 6.07) is 0. The molecule has 0 radical (unpaired) electrons. The van der Waals surface area contributed by atoms with Gasteiger partial charge in [-0.15, -0.1) is 0 Å². The lowest BCUT2D eigenvalue weighted by Gasteiger charge is -2.23. The molecular formula is C11H23NO2. The number of rotatable bonds is 8. The molecule has 0 saturated carbocycles. The van der Waals surface area contributed by atoms with Crippen molar-refractivity contribution in [1.82, 2.24) is 0 Å². The first-order valence-corrected chi connectivity index (χ1v) is 5.42. The van der Waals surface area contributed by atoms with Crippen LogP contribution in [0.15, 0.2) is 0 Å². The van der Waals surface area contributed by atoms with Crippen LogP contribution in [0.25, 0.3) is 0 Å². The van der Waals surface area contributed by atoms with Crippen molar-refractivity contribution < 1.29 is 14.4 Å². The predicted molar refractivity (Wildman–Crippen MR) is 55.6 cm³/mol. The van der Waals surface area contributed by atoms with Crippen molar-refractivity contribution in [2.75, 3.05) is 27.7 Å². The minimum Gasteiger partial charge on any atom is -0.550 e. The minimum absolute atomic E-state index is 0.218. The van der Waals surface area contributed by atoms with Crippen LogP contribution in [0.5, 0.6) is 0 Å². The molecule has 0 amide bonds. The molecule has 0 aliphatic rings. The Morgan fingerprint density at radius 1 is 1.00 bits per heavy atom. The third-order valence-corrected chi connectivity index (χ3v) is 2.21. The van der Waals surface area contributed by atoms with E-state index in [-0.39, 0.29) is 6.42 Å². The zero-order valence-corrected chi connectivity index (χ0v) is 9.71. The second-order valence-corrected chi connectivity index (χ2v) is 4.90. The molecule has 0 atom stereocenters. The van der Waals surface area contributed by atoms with Crippen molar-refractivity contribution in [3.05, 3.63) is 0 Å². The molecular weight excluding hydrogens is 178 g/mol. The van der Waals surface area contributed by atoms with Gasteiger partial charge < -0.3 is 14.4 Å². The molecule has 0 rings (SSSR count). The second kappa shape index (κ2) is 6.82. The van der Waals surface area contributed by atoms with Gasteiger partial charge in [-0.2, -0.15) is 0 Å². The maximum Gasteiger partial charge on any atom is 0.0780 e. The van der Waals surface area contributed by atoms with Crippen LogP contribution in [0.2, 0.25) is 0 Å². The van der Waals surface area contributed by atoms with Crippen molar-refractivity contribution in [2.45, 2.75) is 38.5 Å².